The molecule has 1 aliphatic carbocycles. The second kappa shape index (κ2) is 3.29. The summed E-state index contributed by atoms with van der Waals surface area (Å²) < 4.78 is 5.56. The molecule has 4 heteroatoms. The topological polar surface area (TPSA) is 66.8 Å². The summed E-state index contributed by atoms with van der Waals surface area (Å²) in [5.74, 6) is -2.24. The minimum Gasteiger partial charge on any atom is -0.454 e. The van der Waals surface area contributed by atoms with E-state index in [0.717, 1.165) is 5.56 Å². The fourth-order valence-corrected chi connectivity index (χ4v) is 3.13. The van der Waals surface area contributed by atoms with Gasteiger partial charge in [0.25, 0.3) is 5.79 Å². The zero-order valence-electron chi connectivity index (χ0n) is 10.8. The molecule has 0 aromatic heterocycles. The van der Waals surface area contributed by atoms with Crippen LogP contribution in [0.2, 0.25) is 0 Å². The molecule has 2 aromatic carbocycles. The highest BCUT2D eigenvalue weighted by atomic mass is 16.7. The first kappa shape index (κ1) is 11.6. The Morgan fingerprint density at radius 1 is 1.05 bits per heavy atom. The number of aryl methyl sites for hydroxylation is 1. The van der Waals surface area contributed by atoms with E-state index in [4.69, 9.17) is 4.74 Å². The van der Waals surface area contributed by atoms with E-state index in [9.17, 15) is 15.0 Å². The standard InChI is InChI=1S/C16H12O4/c1-9-6-7-13-12(8-9)15(18)14(17)10-4-2-3-5-11(10)16(15,19)20-13/h2-8,18-19H,1H3/t15-,16-/m0/s1. The molecule has 0 saturated carbocycles. The Balaban J connectivity index is 2.07. The van der Waals surface area contributed by atoms with Crippen LogP contribution in [-0.2, 0) is 11.4 Å². The summed E-state index contributed by atoms with van der Waals surface area (Å²) in [6.45, 7) is 1.85. The van der Waals surface area contributed by atoms with Gasteiger partial charge in [0, 0.05) is 16.7 Å². The van der Waals surface area contributed by atoms with E-state index in [0.29, 0.717) is 22.4 Å². The average Bonchev–Trinajstić information content (AvgIpc) is 2.77. The van der Waals surface area contributed by atoms with E-state index in [-0.39, 0.29) is 0 Å². The van der Waals surface area contributed by atoms with Crippen LogP contribution in [0.25, 0.3) is 0 Å². The van der Waals surface area contributed by atoms with E-state index < -0.39 is 17.2 Å². The van der Waals surface area contributed by atoms with Crippen molar-refractivity contribution in [3.63, 3.8) is 0 Å². The molecular weight excluding hydrogens is 256 g/mol. The minimum absolute atomic E-state index is 0.296. The maximum Gasteiger partial charge on any atom is 0.276 e. The van der Waals surface area contributed by atoms with Gasteiger partial charge in [-0.3, -0.25) is 4.79 Å². The molecule has 0 bridgehead atoms. The molecule has 2 aliphatic rings. The van der Waals surface area contributed by atoms with Gasteiger partial charge in [0.1, 0.15) is 5.75 Å². The lowest BCUT2D eigenvalue weighted by atomic mass is 9.86. The second-order valence-corrected chi connectivity index (χ2v) is 5.33. The number of fused-ring (bicyclic) bond motifs is 5. The van der Waals surface area contributed by atoms with Crippen molar-refractivity contribution in [1.29, 1.82) is 0 Å². The summed E-state index contributed by atoms with van der Waals surface area (Å²) in [5, 5.41) is 21.8. The molecule has 2 atom stereocenters. The molecule has 0 saturated heterocycles. The zero-order valence-corrected chi connectivity index (χ0v) is 10.8. The largest absolute Gasteiger partial charge is 0.454 e. The lowest BCUT2D eigenvalue weighted by Gasteiger charge is -2.28. The van der Waals surface area contributed by atoms with Gasteiger partial charge in [-0.15, -0.1) is 0 Å². The van der Waals surface area contributed by atoms with Crippen molar-refractivity contribution in [1.82, 2.24) is 0 Å². The van der Waals surface area contributed by atoms with E-state index in [1.807, 2.05) is 13.0 Å². The first-order chi connectivity index (χ1) is 9.48. The van der Waals surface area contributed by atoms with E-state index in [1.165, 1.54) is 0 Å². The van der Waals surface area contributed by atoms with Crippen LogP contribution in [0.1, 0.15) is 27.0 Å². The second-order valence-electron chi connectivity index (χ2n) is 5.33. The predicted octanol–water partition coefficient (Wildman–Crippen LogP) is 1.62. The van der Waals surface area contributed by atoms with Gasteiger partial charge >= 0.3 is 0 Å². The number of benzene rings is 2. The van der Waals surface area contributed by atoms with E-state index in [2.05, 4.69) is 0 Å². The molecule has 4 rings (SSSR count). The molecule has 4 nitrogen and oxygen atoms in total. The van der Waals surface area contributed by atoms with Crippen molar-refractivity contribution >= 4 is 5.78 Å². The van der Waals surface area contributed by atoms with Crippen molar-refractivity contribution in [3.05, 3.63) is 64.7 Å². The molecule has 20 heavy (non-hydrogen) atoms. The quantitative estimate of drug-likeness (QED) is 0.762. The third kappa shape index (κ3) is 1.04. The average molecular weight is 268 g/mol. The fourth-order valence-electron chi connectivity index (χ4n) is 3.13. The summed E-state index contributed by atoms with van der Waals surface area (Å²) in [7, 11) is 0. The van der Waals surface area contributed by atoms with Crippen molar-refractivity contribution in [2.24, 2.45) is 0 Å². The van der Waals surface area contributed by atoms with Gasteiger partial charge in [-0.2, -0.15) is 0 Å². The van der Waals surface area contributed by atoms with E-state index in [1.54, 1.807) is 36.4 Å². The molecule has 0 unspecified atom stereocenters. The molecule has 0 fully saturated rings. The molecule has 100 valence electrons. The monoisotopic (exact) mass is 268 g/mol. The fraction of sp³-hybridized carbons (Fsp3) is 0.188. The van der Waals surface area contributed by atoms with Crippen LogP contribution < -0.4 is 4.74 Å². The summed E-state index contributed by atoms with van der Waals surface area (Å²) >= 11 is 0. The van der Waals surface area contributed by atoms with Crippen LogP contribution in [0.15, 0.2) is 42.5 Å². The number of rotatable bonds is 0. The third-order valence-electron chi connectivity index (χ3n) is 4.14. The number of hydrogen-bond acceptors (Lipinski definition) is 4. The Bertz CT molecular complexity index is 767. The number of ether oxygens (including phenoxy) is 1. The van der Waals surface area contributed by atoms with Crippen molar-refractivity contribution in [3.8, 4) is 5.75 Å². The van der Waals surface area contributed by atoms with Crippen molar-refractivity contribution in [2.75, 3.05) is 0 Å². The van der Waals surface area contributed by atoms with Crippen LogP contribution in [0.3, 0.4) is 0 Å². The minimum atomic E-state index is -2.07. The maximum absolute atomic E-state index is 12.6. The lowest BCUT2D eigenvalue weighted by Crippen LogP contribution is -2.48. The summed E-state index contributed by atoms with van der Waals surface area (Å²) in [5.41, 5.74) is -0.265. The lowest BCUT2D eigenvalue weighted by molar-refractivity contribution is -0.224. The number of hydrogen-bond donors (Lipinski definition) is 2. The number of aliphatic hydroxyl groups is 2. The molecule has 1 heterocycles. The number of Topliss-reactive ketones (excluding diaryl/α,β-unsaturated/α-hetero) is 1. The van der Waals surface area contributed by atoms with Gasteiger partial charge in [0.05, 0.1) is 0 Å². The smallest absolute Gasteiger partial charge is 0.276 e. The first-order valence-electron chi connectivity index (χ1n) is 6.37. The van der Waals surface area contributed by atoms with Gasteiger partial charge < -0.3 is 14.9 Å². The highest BCUT2D eigenvalue weighted by molar-refractivity contribution is 6.09. The Morgan fingerprint density at radius 3 is 2.60 bits per heavy atom. The van der Waals surface area contributed by atoms with Crippen LogP contribution in [-0.4, -0.2) is 16.0 Å². The first-order valence-corrected chi connectivity index (χ1v) is 6.37. The molecule has 2 N–H and O–H groups in total. The van der Waals surface area contributed by atoms with Gasteiger partial charge in [-0.25, -0.2) is 0 Å². The Morgan fingerprint density at radius 2 is 1.80 bits per heavy atom. The van der Waals surface area contributed by atoms with Gasteiger partial charge in [0.15, 0.2) is 0 Å². The van der Waals surface area contributed by atoms with Gasteiger partial charge in [-0.1, -0.05) is 35.9 Å². The molecule has 2 aromatic rings. The Labute approximate surface area is 115 Å². The maximum atomic E-state index is 12.6. The zero-order chi connectivity index (χ0) is 14.1. The molecule has 0 amide bonds. The third-order valence-corrected chi connectivity index (χ3v) is 4.14. The van der Waals surface area contributed by atoms with Crippen LogP contribution in [0.4, 0.5) is 0 Å². The number of carbonyl (C=O) groups is 1. The van der Waals surface area contributed by atoms with Gasteiger partial charge in [-0.05, 0) is 19.1 Å². The normalized spacial score (nSPS) is 29.6. The molecular formula is C16H12O4. The highest BCUT2D eigenvalue weighted by Crippen LogP contribution is 2.57. The highest BCUT2D eigenvalue weighted by Gasteiger charge is 2.70. The molecule has 0 spiro atoms. The van der Waals surface area contributed by atoms with Crippen LogP contribution in [0, 0.1) is 6.92 Å². The van der Waals surface area contributed by atoms with Crippen molar-refractivity contribution in [2.45, 2.75) is 18.3 Å². The summed E-state index contributed by atoms with van der Waals surface area (Å²) in [6.07, 6.45) is 0. The molecule has 1 aliphatic heterocycles. The van der Waals surface area contributed by atoms with Crippen LogP contribution in [0.5, 0.6) is 5.75 Å². The van der Waals surface area contributed by atoms with Gasteiger partial charge in [0.2, 0.25) is 11.4 Å². The number of carbonyl (C=O) groups excluding carboxylic acids is 1. The SMILES string of the molecule is Cc1ccc2c(c1)[C@]1(O)C(=O)c3ccccc3[C@]1(O)O2. The van der Waals surface area contributed by atoms with Crippen molar-refractivity contribution < 1.29 is 19.7 Å². The predicted molar refractivity (Wildman–Crippen MR) is 70.4 cm³/mol. The Kier molecular flexibility index (Phi) is 1.91. The van der Waals surface area contributed by atoms with Crippen LogP contribution >= 0.6 is 0 Å². The Hall–Kier alpha value is -2.17. The summed E-state index contributed by atoms with van der Waals surface area (Å²) in [4.78, 5) is 12.6. The summed E-state index contributed by atoms with van der Waals surface area (Å²) in [6, 6.07) is 11.7. The number of ketones is 1. The van der Waals surface area contributed by atoms with E-state index >= 15 is 0 Å². The molecule has 0 radical (unpaired) electrons.